The van der Waals surface area contributed by atoms with Crippen LogP contribution in [0, 0.1) is 0 Å². The number of aromatic nitrogens is 2. The van der Waals surface area contributed by atoms with E-state index in [1.807, 2.05) is 6.20 Å². The number of benzene rings is 2. The van der Waals surface area contributed by atoms with Crippen LogP contribution in [-0.2, 0) is 20.0 Å². The molecule has 0 fully saturated rings. The normalized spacial score (nSPS) is 16.8. The van der Waals surface area contributed by atoms with Crippen molar-refractivity contribution in [2.75, 3.05) is 6.54 Å². The van der Waals surface area contributed by atoms with Gasteiger partial charge in [-0.15, -0.1) is 0 Å². The fourth-order valence-electron chi connectivity index (χ4n) is 4.93. The van der Waals surface area contributed by atoms with Crippen molar-refractivity contribution in [3.63, 3.8) is 0 Å². The lowest BCUT2D eigenvalue weighted by atomic mass is 9.90. The van der Waals surface area contributed by atoms with Crippen LogP contribution < -0.4 is 0 Å². The summed E-state index contributed by atoms with van der Waals surface area (Å²) < 4.78 is 2.30. The molecule has 2 aromatic heterocycles. The second kappa shape index (κ2) is 7.06. The maximum Gasteiger partial charge on any atom is 0.0607 e. The molecule has 0 aliphatic heterocycles. The van der Waals surface area contributed by atoms with E-state index < -0.39 is 0 Å². The Labute approximate surface area is 166 Å². The lowest BCUT2D eigenvalue weighted by molar-refractivity contribution is 0.175. The molecule has 28 heavy (non-hydrogen) atoms. The molecule has 0 saturated carbocycles. The van der Waals surface area contributed by atoms with Crippen molar-refractivity contribution in [3.05, 3.63) is 77.6 Å². The molecule has 1 atom stereocenters. The molecule has 5 rings (SSSR count). The molecule has 3 nitrogen and oxygen atoms in total. The molecular weight excluding hydrogens is 342 g/mol. The van der Waals surface area contributed by atoms with Gasteiger partial charge in [0.15, 0.2) is 0 Å². The first kappa shape index (κ1) is 17.4. The minimum atomic E-state index is 0.429. The van der Waals surface area contributed by atoms with Crippen LogP contribution >= 0.6 is 0 Å². The van der Waals surface area contributed by atoms with Crippen LogP contribution in [0.5, 0.6) is 0 Å². The lowest BCUT2D eigenvalue weighted by Gasteiger charge is -2.34. The van der Waals surface area contributed by atoms with Gasteiger partial charge in [0, 0.05) is 41.6 Å². The number of rotatable bonds is 4. The molecule has 0 N–H and O–H groups in total. The van der Waals surface area contributed by atoms with Crippen molar-refractivity contribution in [2.45, 2.75) is 38.8 Å². The van der Waals surface area contributed by atoms with Crippen LogP contribution in [0.15, 0.2) is 60.8 Å². The summed E-state index contributed by atoms with van der Waals surface area (Å²) in [5.41, 5.74) is 6.71. The number of aryl methyl sites for hydroxylation is 2. The molecule has 4 aromatic rings. The first-order valence-corrected chi connectivity index (χ1v) is 10.4. The average Bonchev–Trinajstić information content (AvgIpc) is 3.04. The van der Waals surface area contributed by atoms with Gasteiger partial charge < -0.3 is 4.57 Å². The van der Waals surface area contributed by atoms with Crippen molar-refractivity contribution < 1.29 is 0 Å². The highest BCUT2D eigenvalue weighted by atomic mass is 15.2. The Bertz CT molecular complexity index is 1140. The van der Waals surface area contributed by atoms with E-state index in [9.17, 15) is 0 Å². The first-order chi connectivity index (χ1) is 13.8. The second-order valence-electron chi connectivity index (χ2n) is 7.95. The molecule has 2 heterocycles. The Morgan fingerprint density at radius 3 is 2.79 bits per heavy atom. The smallest absolute Gasteiger partial charge is 0.0607 e. The van der Waals surface area contributed by atoms with Gasteiger partial charge in [-0.1, -0.05) is 37.3 Å². The minimum Gasteiger partial charge on any atom is -0.344 e. The average molecular weight is 370 g/mol. The molecule has 0 amide bonds. The largest absolute Gasteiger partial charge is 0.344 e. The zero-order chi connectivity index (χ0) is 19.1. The van der Waals surface area contributed by atoms with Gasteiger partial charge >= 0.3 is 0 Å². The molecule has 0 bridgehead atoms. The molecule has 1 aliphatic carbocycles. The van der Waals surface area contributed by atoms with Gasteiger partial charge in [0.1, 0.15) is 0 Å². The zero-order valence-corrected chi connectivity index (χ0v) is 16.7. The Morgan fingerprint density at radius 1 is 1.04 bits per heavy atom. The number of hydrogen-bond donors (Lipinski definition) is 0. The predicted molar refractivity (Wildman–Crippen MR) is 116 cm³/mol. The third kappa shape index (κ3) is 2.82. The molecule has 2 aromatic carbocycles. The molecule has 0 saturated heterocycles. The number of para-hydroxylation sites is 1. The first-order valence-electron chi connectivity index (χ1n) is 10.4. The Kier molecular flexibility index (Phi) is 4.40. The Hall–Kier alpha value is -2.65. The summed E-state index contributed by atoms with van der Waals surface area (Å²) in [7, 11) is 2.16. The van der Waals surface area contributed by atoms with Gasteiger partial charge in [-0.05, 0) is 61.2 Å². The highest BCUT2D eigenvalue weighted by molar-refractivity contribution is 6.08. The standard InChI is InChI=1S/C25H27N3/c1-3-28(24-12-6-8-19-9-7-15-26-25(19)24)17-18-13-14-23-21(16-18)20-10-4-5-11-22(20)27(23)2/h4-5,7,9-11,13-16,24H,3,6,8,12,17H2,1-2H3/t24-/m0/s1. The molecule has 3 heteroatoms. The fourth-order valence-corrected chi connectivity index (χ4v) is 4.93. The van der Waals surface area contributed by atoms with E-state index in [2.05, 4.69) is 78.0 Å². The monoisotopic (exact) mass is 369 g/mol. The summed E-state index contributed by atoms with van der Waals surface area (Å²) in [6, 6.07) is 20.4. The molecule has 142 valence electrons. The maximum atomic E-state index is 4.76. The van der Waals surface area contributed by atoms with E-state index >= 15 is 0 Å². The van der Waals surface area contributed by atoms with E-state index in [0.717, 1.165) is 13.1 Å². The van der Waals surface area contributed by atoms with Gasteiger partial charge in [0.2, 0.25) is 0 Å². The van der Waals surface area contributed by atoms with Crippen molar-refractivity contribution in [2.24, 2.45) is 7.05 Å². The van der Waals surface area contributed by atoms with E-state index in [0.29, 0.717) is 6.04 Å². The maximum absolute atomic E-state index is 4.76. The van der Waals surface area contributed by atoms with Crippen molar-refractivity contribution >= 4 is 21.8 Å². The summed E-state index contributed by atoms with van der Waals surface area (Å²) in [6.45, 7) is 4.28. The summed E-state index contributed by atoms with van der Waals surface area (Å²) in [5, 5.41) is 2.70. The van der Waals surface area contributed by atoms with Crippen LogP contribution in [0.25, 0.3) is 21.8 Å². The van der Waals surface area contributed by atoms with E-state index in [1.165, 1.54) is 57.9 Å². The molecule has 1 aliphatic rings. The zero-order valence-electron chi connectivity index (χ0n) is 16.7. The predicted octanol–water partition coefficient (Wildman–Crippen LogP) is 5.63. The third-order valence-electron chi connectivity index (χ3n) is 6.38. The summed E-state index contributed by atoms with van der Waals surface area (Å²) in [6.07, 6.45) is 5.57. The highest BCUT2D eigenvalue weighted by Gasteiger charge is 2.26. The SMILES string of the molecule is CCN(Cc1ccc2c(c1)c1ccccc1n2C)[C@H]1CCCc2cccnc21. The van der Waals surface area contributed by atoms with Crippen LogP contribution in [-0.4, -0.2) is 21.0 Å². The quantitative estimate of drug-likeness (QED) is 0.465. The number of hydrogen-bond acceptors (Lipinski definition) is 2. The molecule has 0 spiro atoms. The van der Waals surface area contributed by atoms with E-state index in [1.54, 1.807) is 0 Å². The molecular formula is C25H27N3. The highest BCUT2D eigenvalue weighted by Crippen LogP contribution is 2.34. The third-order valence-corrected chi connectivity index (χ3v) is 6.38. The van der Waals surface area contributed by atoms with Crippen molar-refractivity contribution in [1.82, 2.24) is 14.5 Å². The van der Waals surface area contributed by atoms with Gasteiger partial charge in [-0.3, -0.25) is 9.88 Å². The summed E-state index contributed by atoms with van der Waals surface area (Å²) in [5.74, 6) is 0. The number of pyridine rings is 1. The van der Waals surface area contributed by atoms with Gasteiger partial charge in [-0.2, -0.15) is 0 Å². The second-order valence-corrected chi connectivity index (χ2v) is 7.95. The van der Waals surface area contributed by atoms with Crippen molar-refractivity contribution in [1.29, 1.82) is 0 Å². The van der Waals surface area contributed by atoms with Gasteiger partial charge in [0.05, 0.1) is 11.7 Å². The van der Waals surface area contributed by atoms with Crippen LogP contribution in [0.1, 0.15) is 42.6 Å². The van der Waals surface area contributed by atoms with E-state index in [4.69, 9.17) is 4.98 Å². The summed E-state index contributed by atoms with van der Waals surface area (Å²) >= 11 is 0. The Balaban J connectivity index is 1.51. The van der Waals surface area contributed by atoms with Crippen LogP contribution in [0.4, 0.5) is 0 Å². The number of nitrogens with zero attached hydrogens (tertiary/aromatic N) is 3. The topological polar surface area (TPSA) is 21.1 Å². The van der Waals surface area contributed by atoms with Crippen molar-refractivity contribution in [3.8, 4) is 0 Å². The van der Waals surface area contributed by atoms with Gasteiger partial charge in [0.25, 0.3) is 0 Å². The molecule has 0 radical (unpaired) electrons. The fraction of sp³-hybridized carbons (Fsp3) is 0.320. The van der Waals surface area contributed by atoms with Gasteiger partial charge in [-0.25, -0.2) is 0 Å². The van der Waals surface area contributed by atoms with E-state index in [-0.39, 0.29) is 0 Å². The number of fused-ring (bicyclic) bond motifs is 4. The summed E-state index contributed by atoms with van der Waals surface area (Å²) in [4.78, 5) is 7.35. The minimum absolute atomic E-state index is 0.429. The molecule has 0 unspecified atom stereocenters. The Morgan fingerprint density at radius 2 is 1.89 bits per heavy atom. The lowest BCUT2D eigenvalue weighted by Crippen LogP contribution is -2.31. The van der Waals surface area contributed by atoms with Crippen LogP contribution in [0.3, 0.4) is 0 Å². The van der Waals surface area contributed by atoms with Crippen LogP contribution in [0.2, 0.25) is 0 Å².